The second kappa shape index (κ2) is 4.27. The maximum absolute atomic E-state index is 3.64. The molecule has 1 heteroatoms. The summed E-state index contributed by atoms with van der Waals surface area (Å²) in [6.07, 6.45) is 6.89. The molecule has 1 atom stereocenters. The van der Waals surface area contributed by atoms with Crippen molar-refractivity contribution in [1.29, 1.82) is 0 Å². The molecule has 1 saturated carbocycles. The molecule has 12 heavy (non-hydrogen) atoms. The third kappa shape index (κ3) is 2.78. The summed E-state index contributed by atoms with van der Waals surface area (Å²) < 4.78 is 0. The molecule has 0 aromatic rings. The van der Waals surface area contributed by atoms with E-state index in [1.165, 1.54) is 38.6 Å². The van der Waals surface area contributed by atoms with Gasteiger partial charge in [0.1, 0.15) is 0 Å². The fourth-order valence-electron chi connectivity index (χ4n) is 1.76. The molecule has 72 valence electrons. The lowest BCUT2D eigenvalue weighted by Crippen LogP contribution is -2.31. The Morgan fingerprint density at radius 2 is 2.00 bits per heavy atom. The Kier molecular flexibility index (Phi) is 3.57. The molecule has 0 aliphatic heterocycles. The SMILES string of the molecule is CCCC(C)NCC1(CC)CC1. The third-order valence-corrected chi connectivity index (χ3v) is 3.25. The molecular weight excluding hydrogens is 146 g/mol. The normalized spacial score (nSPS) is 22.2. The molecule has 1 aliphatic rings. The van der Waals surface area contributed by atoms with E-state index in [4.69, 9.17) is 0 Å². The van der Waals surface area contributed by atoms with Crippen LogP contribution >= 0.6 is 0 Å². The molecule has 0 radical (unpaired) electrons. The predicted octanol–water partition coefficient (Wildman–Crippen LogP) is 2.95. The topological polar surface area (TPSA) is 12.0 Å². The van der Waals surface area contributed by atoms with Gasteiger partial charge in [-0.15, -0.1) is 0 Å². The molecule has 0 aromatic carbocycles. The van der Waals surface area contributed by atoms with Crippen LogP contribution in [0.4, 0.5) is 0 Å². The van der Waals surface area contributed by atoms with Crippen LogP contribution < -0.4 is 5.32 Å². The van der Waals surface area contributed by atoms with E-state index < -0.39 is 0 Å². The van der Waals surface area contributed by atoms with Gasteiger partial charge >= 0.3 is 0 Å². The summed E-state index contributed by atoms with van der Waals surface area (Å²) in [5, 5.41) is 3.64. The van der Waals surface area contributed by atoms with Gasteiger partial charge in [0.05, 0.1) is 0 Å². The van der Waals surface area contributed by atoms with Gasteiger partial charge < -0.3 is 5.32 Å². The zero-order valence-corrected chi connectivity index (χ0v) is 8.82. The zero-order chi connectivity index (χ0) is 9.03. The van der Waals surface area contributed by atoms with Crippen LogP contribution in [0.3, 0.4) is 0 Å². The second-order valence-electron chi connectivity index (χ2n) is 4.42. The Morgan fingerprint density at radius 3 is 2.42 bits per heavy atom. The first-order valence-electron chi connectivity index (χ1n) is 5.46. The van der Waals surface area contributed by atoms with Crippen molar-refractivity contribution in [3.05, 3.63) is 0 Å². The summed E-state index contributed by atoms with van der Waals surface area (Å²) in [5.41, 5.74) is 0.710. The molecule has 0 bridgehead atoms. The highest BCUT2D eigenvalue weighted by molar-refractivity contribution is 4.93. The minimum atomic E-state index is 0.710. The summed E-state index contributed by atoms with van der Waals surface area (Å²) in [6.45, 7) is 8.13. The number of nitrogens with one attached hydrogen (secondary N) is 1. The van der Waals surface area contributed by atoms with Crippen LogP contribution in [-0.2, 0) is 0 Å². The highest BCUT2D eigenvalue weighted by Crippen LogP contribution is 2.47. The summed E-state index contributed by atoms with van der Waals surface area (Å²) in [5.74, 6) is 0. The lowest BCUT2D eigenvalue weighted by atomic mass is 10.0. The number of hydrogen-bond donors (Lipinski definition) is 1. The van der Waals surface area contributed by atoms with Gasteiger partial charge in [-0.25, -0.2) is 0 Å². The van der Waals surface area contributed by atoms with Crippen LogP contribution in [0.5, 0.6) is 0 Å². The monoisotopic (exact) mass is 169 g/mol. The van der Waals surface area contributed by atoms with Crippen LogP contribution in [-0.4, -0.2) is 12.6 Å². The van der Waals surface area contributed by atoms with Crippen LogP contribution in [0, 0.1) is 5.41 Å². The molecule has 1 nitrogen and oxygen atoms in total. The first-order valence-corrected chi connectivity index (χ1v) is 5.46. The van der Waals surface area contributed by atoms with Gasteiger partial charge in [0.25, 0.3) is 0 Å². The smallest absolute Gasteiger partial charge is 0.00388 e. The van der Waals surface area contributed by atoms with Gasteiger partial charge in [-0.05, 0) is 38.0 Å². The molecule has 1 unspecified atom stereocenters. The van der Waals surface area contributed by atoms with Gasteiger partial charge in [-0.3, -0.25) is 0 Å². The first-order chi connectivity index (χ1) is 5.72. The van der Waals surface area contributed by atoms with Crippen molar-refractivity contribution in [2.45, 2.75) is 58.9 Å². The lowest BCUT2D eigenvalue weighted by Gasteiger charge is -2.18. The molecular formula is C11H23N. The van der Waals surface area contributed by atoms with E-state index in [2.05, 4.69) is 26.1 Å². The fourth-order valence-corrected chi connectivity index (χ4v) is 1.76. The standard InChI is InChI=1S/C11H23N/c1-4-6-10(3)12-9-11(5-2)7-8-11/h10,12H,4-9H2,1-3H3. The van der Waals surface area contributed by atoms with Crippen molar-refractivity contribution in [2.24, 2.45) is 5.41 Å². The highest BCUT2D eigenvalue weighted by atomic mass is 14.9. The average Bonchev–Trinajstić information content (AvgIpc) is 2.82. The maximum atomic E-state index is 3.64. The van der Waals surface area contributed by atoms with E-state index >= 15 is 0 Å². The Hall–Kier alpha value is -0.0400. The van der Waals surface area contributed by atoms with Gasteiger partial charge in [-0.2, -0.15) is 0 Å². The van der Waals surface area contributed by atoms with Gasteiger partial charge in [-0.1, -0.05) is 20.3 Å². The average molecular weight is 169 g/mol. The van der Waals surface area contributed by atoms with E-state index in [1.54, 1.807) is 0 Å². The van der Waals surface area contributed by atoms with Crippen molar-refractivity contribution in [3.63, 3.8) is 0 Å². The molecule has 1 N–H and O–H groups in total. The molecule has 0 heterocycles. The van der Waals surface area contributed by atoms with Gasteiger partial charge in [0.15, 0.2) is 0 Å². The van der Waals surface area contributed by atoms with Crippen LogP contribution in [0.15, 0.2) is 0 Å². The van der Waals surface area contributed by atoms with Crippen LogP contribution in [0.25, 0.3) is 0 Å². The fraction of sp³-hybridized carbons (Fsp3) is 1.00. The molecule has 0 saturated heterocycles. The van der Waals surface area contributed by atoms with Gasteiger partial charge in [0, 0.05) is 12.6 Å². The van der Waals surface area contributed by atoms with E-state index in [9.17, 15) is 0 Å². The first kappa shape index (κ1) is 10.0. The van der Waals surface area contributed by atoms with Crippen molar-refractivity contribution in [1.82, 2.24) is 5.32 Å². The molecule has 0 spiro atoms. The summed E-state index contributed by atoms with van der Waals surface area (Å²) in [4.78, 5) is 0. The Balaban J connectivity index is 2.08. The van der Waals surface area contributed by atoms with Crippen LogP contribution in [0.2, 0.25) is 0 Å². The summed E-state index contributed by atoms with van der Waals surface area (Å²) in [7, 11) is 0. The Morgan fingerprint density at radius 1 is 1.33 bits per heavy atom. The Labute approximate surface area is 76.9 Å². The van der Waals surface area contributed by atoms with E-state index in [0.29, 0.717) is 5.41 Å². The molecule has 1 aliphatic carbocycles. The molecule has 1 fully saturated rings. The van der Waals surface area contributed by atoms with Crippen molar-refractivity contribution in [3.8, 4) is 0 Å². The number of rotatable bonds is 6. The maximum Gasteiger partial charge on any atom is 0.00388 e. The van der Waals surface area contributed by atoms with Gasteiger partial charge in [0.2, 0.25) is 0 Å². The summed E-state index contributed by atoms with van der Waals surface area (Å²) >= 11 is 0. The highest BCUT2D eigenvalue weighted by Gasteiger charge is 2.40. The lowest BCUT2D eigenvalue weighted by molar-refractivity contribution is 0.399. The van der Waals surface area contributed by atoms with Crippen molar-refractivity contribution >= 4 is 0 Å². The van der Waals surface area contributed by atoms with Crippen molar-refractivity contribution in [2.75, 3.05) is 6.54 Å². The van der Waals surface area contributed by atoms with E-state index in [0.717, 1.165) is 6.04 Å². The predicted molar refractivity (Wildman–Crippen MR) is 54.3 cm³/mol. The molecule has 1 rings (SSSR count). The Bertz CT molecular complexity index is 127. The largest absolute Gasteiger partial charge is 0.314 e. The summed E-state index contributed by atoms with van der Waals surface area (Å²) in [6, 6.07) is 0.721. The van der Waals surface area contributed by atoms with Crippen LogP contribution in [0.1, 0.15) is 52.9 Å². The van der Waals surface area contributed by atoms with E-state index in [1.807, 2.05) is 0 Å². The second-order valence-corrected chi connectivity index (χ2v) is 4.42. The quantitative estimate of drug-likeness (QED) is 0.644. The minimum absolute atomic E-state index is 0.710. The third-order valence-electron chi connectivity index (χ3n) is 3.25. The minimum Gasteiger partial charge on any atom is -0.314 e. The molecule has 0 amide bonds. The van der Waals surface area contributed by atoms with E-state index in [-0.39, 0.29) is 0 Å². The zero-order valence-electron chi connectivity index (χ0n) is 8.82. The number of hydrogen-bond acceptors (Lipinski definition) is 1. The molecule has 0 aromatic heterocycles. The van der Waals surface area contributed by atoms with Crippen molar-refractivity contribution < 1.29 is 0 Å².